The molecule has 1 atom stereocenters. The maximum Gasteiger partial charge on any atom is 0.220 e. The molecule has 0 aliphatic rings. The van der Waals surface area contributed by atoms with Gasteiger partial charge in [-0.15, -0.1) is 0 Å². The SMILES string of the molecule is CCOC(=S)SCC(=O)[C@H](C)O[Si](C)(C)C(C)(C)C. The van der Waals surface area contributed by atoms with E-state index in [1.807, 2.05) is 13.8 Å². The van der Waals surface area contributed by atoms with Gasteiger partial charge in [0.2, 0.25) is 4.38 Å². The van der Waals surface area contributed by atoms with Gasteiger partial charge in [0.25, 0.3) is 0 Å². The molecule has 0 aromatic carbocycles. The molecule has 112 valence electrons. The molecule has 0 aromatic rings. The van der Waals surface area contributed by atoms with Crippen LogP contribution in [0.4, 0.5) is 0 Å². The number of thioether (sulfide) groups is 1. The molecule has 0 saturated heterocycles. The zero-order valence-electron chi connectivity index (χ0n) is 13.0. The first-order chi connectivity index (χ1) is 8.51. The number of carbonyl (C=O) groups is 1. The molecular formula is C13H26O3S2Si. The van der Waals surface area contributed by atoms with E-state index in [4.69, 9.17) is 21.4 Å². The van der Waals surface area contributed by atoms with E-state index in [1.54, 1.807) is 0 Å². The van der Waals surface area contributed by atoms with Gasteiger partial charge in [-0.25, -0.2) is 0 Å². The zero-order valence-corrected chi connectivity index (χ0v) is 15.7. The fourth-order valence-corrected chi connectivity index (χ4v) is 3.45. The van der Waals surface area contributed by atoms with Crippen molar-refractivity contribution in [3.63, 3.8) is 0 Å². The van der Waals surface area contributed by atoms with Gasteiger partial charge >= 0.3 is 0 Å². The Kier molecular flexibility index (Phi) is 7.80. The van der Waals surface area contributed by atoms with Gasteiger partial charge in [0.05, 0.1) is 12.4 Å². The Morgan fingerprint density at radius 1 is 1.37 bits per heavy atom. The van der Waals surface area contributed by atoms with Crippen LogP contribution in [0.2, 0.25) is 18.1 Å². The lowest BCUT2D eigenvalue weighted by Crippen LogP contribution is -2.45. The minimum Gasteiger partial charge on any atom is -0.479 e. The Hall–Kier alpha value is 0.0869. The molecule has 0 radical (unpaired) electrons. The maximum atomic E-state index is 12.0. The molecule has 3 nitrogen and oxygen atoms in total. The Bertz CT molecular complexity index is 324. The van der Waals surface area contributed by atoms with Gasteiger partial charge in [-0.1, -0.05) is 32.5 Å². The second kappa shape index (κ2) is 7.76. The smallest absolute Gasteiger partial charge is 0.220 e. The standard InChI is InChI=1S/C13H26O3S2Si/c1-8-15-12(17)18-9-11(14)10(2)16-19(6,7)13(3,4)5/h10H,8-9H2,1-7H3/t10-/m0/s1. The van der Waals surface area contributed by atoms with E-state index in [1.165, 1.54) is 11.8 Å². The van der Waals surface area contributed by atoms with Crippen LogP contribution in [0.3, 0.4) is 0 Å². The first-order valence-corrected chi connectivity index (χ1v) is 10.8. The molecule has 0 spiro atoms. The van der Waals surface area contributed by atoms with Crippen LogP contribution in [-0.4, -0.2) is 36.9 Å². The van der Waals surface area contributed by atoms with Gasteiger partial charge in [0.1, 0.15) is 6.10 Å². The van der Waals surface area contributed by atoms with Crippen molar-refractivity contribution in [1.82, 2.24) is 0 Å². The monoisotopic (exact) mass is 322 g/mol. The molecule has 0 unspecified atom stereocenters. The van der Waals surface area contributed by atoms with Crippen molar-refractivity contribution in [2.45, 2.75) is 58.9 Å². The van der Waals surface area contributed by atoms with Crippen molar-refractivity contribution in [3.8, 4) is 0 Å². The second-order valence-electron chi connectivity index (χ2n) is 5.96. The third-order valence-electron chi connectivity index (χ3n) is 3.33. The fraction of sp³-hybridized carbons (Fsp3) is 0.846. The van der Waals surface area contributed by atoms with Crippen molar-refractivity contribution in [1.29, 1.82) is 0 Å². The fourth-order valence-electron chi connectivity index (χ4n) is 1.09. The highest BCUT2D eigenvalue weighted by Gasteiger charge is 2.39. The van der Waals surface area contributed by atoms with Crippen LogP contribution in [0.15, 0.2) is 0 Å². The predicted octanol–water partition coefficient (Wildman–Crippen LogP) is 4.02. The van der Waals surface area contributed by atoms with Crippen LogP contribution < -0.4 is 0 Å². The first-order valence-electron chi connectivity index (χ1n) is 6.51. The second-order valence-corrected chi connectivity index (χ2v) is 12.3. The number of hydrogen-bond acceptors (Lipinski definition) is 5. The third-order valence-corrected chi connectivity index (χ3v) is 9.13. The van der Waals surface area contributed by atoms with Crippen molar-refractivity contribution in [3.05, 3.63) is 0 Å². The van der Waals surface area contributed by atoms with Crippen molar-refractivity contribution in [2.75, 3.05) is 12.4 Å². The summed E-state index contributed by atoms with van der Waals surface area (Å²) in [5.74, 6) is 0.381. The maximum absolute atomic E-state index is 12.0. The van der Waals surface area contributed by atoms with E-state index in [0.717, 1.165) is 0 Å². The van der Waals surface area contributed by atoms with Gasteiger partial charge in [0.15, 0.2) is 14.1 Å². The number of ketones is 1. The molecule has 0 amide bonds. The highest BCUT2D eigenvalue weighted by molar-refractivity contribution is 8.23. The lowest BCUT2D eigenvalue weighted by Gasteiger charge is -2.38. The number of hydrogen-bond donors (Lipinski definition) is 0. The van der Waals surface area contributed by atoms with Gasteiger partial charge in [-0.2, -0.15) is 0 Å². The number of rotatable bonds is 6. The Labute approximate surface area is 127 Å². The van der Waals surface area contributed by atoms with E-state index >= 15 is 0 Å². The number of thiocarbonyl (C=S) groups is 1. The highest BCUT2D eigenvalue weighted by atomic mass is 32.2. The molecule has 0 fully saturated rings. The lowest BCUT2D eigenvalue weighted by molar-refractivity contribution is -0.122. The van der Waals surface area contributed by atoms with Crippen molar-refractivity contribution >= 4 is 42.5 Å². The summed E-state index contributed by atoms with van der Waals surface area (Å²) in [5, 5.41) is 0.106. The first kappa shape index (κ1) is 19.1. The van der Waals surface area contributed by atoms with Crippen LogP contribution in [-0.2, 0) is 14.0 Å². The Morgan fingerprint density at radius 2 is 1.89 bits per heavy atom. The van der Waals surface area contributed by atoms with Crippen molar-refractivity contribution in [2.24, 2.45) is 0 Å². The molecule has 0 aromatic heterocycles. The minimum absolute atomic E-state index is 0.0666. The normalized spacial score (nSPS) is 14.1. The van der Waals surface area contributed by atoms with E-state index in [9.17, 15) is 4.79 Å². The minimum atomic E-state index is -1.90. The van der Waals surface area contributed by atoms with Gasteiger partial charge in [0, 0.05) is 0 Å². The molecular weight excluding hydrogens is 296 g/mol. The molecule has 0 aliphatic carbocycles. The summed E-state index contributed by atoms with van der Waals surface area (Å²) in [6.45, 7) is 15.0. The Balaban J connectivity index is 4.32. The third kappa shape index (κ3) is 6.88. The summed E-state index contributed by atoms with van der Waals surface area (Å²) >= 11 is 6.25. The predicted molar refractivity (Wildman–Crippen MR) is 89.4 cm³/mol. The average Bonchev–Trinajstić information content (AvgIpc) is 2.24. The van der Waals surface area contributed by atoms with Gasteiger partial charge in [-0.05, 0) is 44.2 Å². The zero-order chi connectivity index (χ0) is 15.3. The number of ether oxygens (including phenoxy) is 1. The Morgan fingerprint density at radius 3 is 2.32 bits per heavy atom. The van der Waals surface area contributed by atoms with Crippen LogP contribution in [0, 0.1) is 0 Å². The topological polar surface area (TPSA) is 35.5 Å². The summed E-state index contributed by atoms with van der Waals surface area (Å²) < 4.78 is 11.6. The van der Waals surface area contributed by atoms with Crippen molar-refractivity contribution < 1.29 is 14.0 Å². The molecule has 0 bridgehead atoms. The summed E-state index contributed by atoms with van der Waals surface area (Å²) in [6.07, 6.45) is -0.377. The number of Topliss-reactive ketones (excluding diaryl/α,β-unsaturated/α-hetero) is 1. The van der Waals surface area contributed by atoms with E-state index in [2.05, 4.69) is 33.9 Å². The molecule has 0 aliphatic heterocycles. The molecule has 0 N–H and O–H groups in total. The molecule has 6 heteroatoms. The molecule has 0 rings (SSSR count). The summed E-state index contributed by atoms with van der Waals surface area (Å²) in [5.41, 5.74) is 0. The largest absolute Gasteiger partial charge is 0.479 e. The van der Waals surface area contributed by atoms with Crippen LogP contribution in [0.1, 0.15) is 34.6 Å². The summed E-state index contributed by atoms with van der Waals surface area (Å²) in [4.78, 5) is 12.0. The molecule has 0 heterocycles. The summed E-state index contributed by atoms with van der Waals surface area (Å²) in [7, 11) is -1.90. The van der Waals surface area contributed by atoms with Gasteiger partial charge in [-0.3, -0.25) is 4.79 Å². The average molecular weight is 323 g/mol. The van der Waals surface area contributed by atoms with Gasteiger partial charge < -0.3 is 9.16 Å². The summed E-state index contributed by atoms with van der Waals surface area (Å²) in [6, 6.07) is 0. The lowest BCUT2D eigenvalue weighted by atomic mass is 10.2. The van der Waals surface area contributed by atoms with E-state index in [0.29, 0.717) is 16.7 Å². The molecule has 0 saturated carbocycles. The van der Waals surface area contributed by atoms with E-state index < -0.39 is 8.32 Å². The number of carbonyl (C=O) groups excluding carboxylic acids is 1. The van der Waals surface area contributed by atoms with Crippen LogP contribution in [0.25, 0.3) is 0 Å². The molecule has 19 heavy (non-hydrogen) atoms. The quantitative estimate of drug-likeness (QED) is 0.545. The van der Waals surface area contributed by atoms with Crippen LogP contribution in [0.5, 0.6) is 0 Å². The highest BCUT2D eigenvalue weighted by Crippen LogP contribution is 2.37. The van der Waals surface area contributed by atoms with E-state index in [-0.39, 0.29) is 16.9 Å². The van der Waals surface area contributed by atoms with Crippen LogP contribution >= 0.6 is 24.0 Å².